The minimum Gasteiger partial charge on any atom is -0.481 e. The van der Waals surface area contributed by atoms with Crippen LogP contribution in [-0.4, -0.2) is 44.4 Å². The van der Waals surface area contributed by atoms with Crippen LogP contribution in [0.3, 0.4) is 0 Å². The normalized spacial score (nSPS) is 19.4. The first-order chi connectivity index (χ1) is 9.08. The SMILES string of the molecule is Cc1ncc(C(=O)N2CCCCC2CCC(=O)O)[nH]1. The van der Waals surface area contributed by atoms with Gasteiger partial charge in [-0.3, -0.25) is 9.59 Å². The highest BCUT2D eigenvalue weighted by molar-refractivity contribution is 5.92. The molecule has 1 atom stereocenters. The minimum absolute atomic E-state index is 0.0287. The summed E-state index contributed by atoms with van der Waals surface area (Å²) in [5, 5.41) is 8.77. The van der Waals surface area contributed by atoms with Crippen LogP contribution in [0.25, 0.3) is 0 Å². The van der Waals surface area contributed by atoms with Gasteiger partial charge in [-0.2, -0.15) is 0 Å². The third-order valence-electron chi connectivity index (χ3n) is 3.51. The molecule has 1 aromatic rings. The number of aromatic nitrogens is 2. The van der Waals surface area contributed by atoms with E-state index in [1.54, 1.807) is 18.0 Å². The van der Waals surface area contributed by atoms with Gasteiger partial charge in [0.25, 0.3) is 5.91 Å². The summed E-state index contributed by atoms with van der Waals surface area (Å²) < 4.78 is 0. The number of carboxylic acids is 1. The molecule has 1 aliphatic heterocycles. The molecule has 1 unspecified atom stereocenters. The van der Waals surface area contributed by atoms with Crippen LogP contribution in [0.1, 0.15) is 48.4 Å². The van der Waals surface area contributed by atoms with Gasteiger partial charge >= 0.3 is 5.97 Å². The van der Waals surface area contributed by atoms with Gasteiger partial charge in [-0.1, -0.05) is 0 Å². The standard InChI is InChI=1S/C13H19N3O3/c1-9-14-8-11(15-9)13(19)16-7-3-2-4-10(16)5-6-12(17)18/h8,10H,2-7H2,1H3,(H,14,15)(H,17,18). The van der Waals surface area contributed by atoms with E-state index in [4.69, 9.17) is 5.11 Å². The first-order valence-electron chi connectivity index (χ1n) is 6.62. The number of aromatic amines is 1. The van der Waals surface area contributed by atoms with E-state index in [0.29, 0.717) is 24.5 Å². The number of likely N-dealkylation sites (tertiary alicyclic amines) is 1. The Labute approximate surface area is 111 Å². The number of rotatable bonds is 4. The third-order valence-corrected chi connectivity index (χ3v) is 3.51. The lowest BCUT2D eigenvalue weighted by molar-refractivity contribution is -0.137. The summed E-state index contributed by atoms with van der Waals surface area (Å²) in [7, 11) is 0. The van der Waals surface area contributed by atoms with Gasteiger partial charge in [0.1, 0.15) is 11.5 Å². The summed E-state index contributed by atoms with van der Waals surface area (Å²) in [6.45, 7) is 2.50. The van der Waals surface area contributed by atoms with Crippen molar-refractivity contribution in [3.63, 3.8) is 0 Å². The molecule has 1 aliphatic rings. The molecule has 19 heavy (non-hydrogen) atoms. The lowest BCUT2D eigenvalue weighted by Crippen LogP contribution is -2.44. The van der Waals surface area contributed by atoms with Gasteiger partial charge < -0.3 is 15.0 Å². The quantitative estimate of drug-likeness (QED) is 0.865. The van der Waals surface area contributed by atoms with Gasteiger partial charge in [-0.05, 0) is 32.6 Å². The highest BCUT2D eigenvalue weighted by Gasteiger charge is 2.28. The fourth-order valence-corrected chi connectivity index (χ4v) is 2.54. The van der Waals surface area contributed by atoms with Crippen molar-refractivity contribution in [2.45, 2.75) is 45.1 Å². The second-order valence-electron chi connectivity index (χ2n) is 4.96. The van der Waals surface area contributed by atoms with E-state index in [1.807, 2.05) is 0 Å². The summed E-state index contributed by atoms with van der Waals surface area (Å²) in [6, 6.07) is 0.0287. The molecular weight excluding hydrogens is 246 g/mol. The molecule has 1 amide bonds. The number of aliphatic carboxylic acids is 1. The van der Waals surface area contributed by atoms with Crippen LogP contribution >= 0.6 is 0 Å². The molecule has 1 fully saturated rings. The van der Waals surface area contributed by atoms with Crippen LogP contribution < -0.4 is 0 Å². The molecule has 0 saturated carbocycles. The average Bonchev–Trinajstić information content (AvgIpc) is 2.82. The second kappa shape index (κ2) is 5.86. The maximum absolute atomic E-state index is 12.4. The number of piperidine rings is 1. The van der Waals surface area contributed by atoms with E-state index in [9.17, 15) is 9.59 Å². The van der Waals surface area contributed by atoms with E-state index < -0.39 is 5.97 Å². The molecule has 104 valence electrons. The van der Waals surface area contributed by atoms with Gasteiger partial charge in [-0.25, -0.2) is 4.98 Å². The number of carbonyl (C=O) groups excluding carboxylic acids is 1. The van der Waals surface area contributed by atoms with Crippen molar-refractivity contribution in [2.75, 3.05) is 6.54 Å². The number of amides is 1. The number of nitrogens with zero attached hydrogens (tertiary/aromatic N) is 2. The number of carbonyl (C=O) groups is 2. The fraction of sp³-hybridized carbons (Fsp3) is 0.615. The highest BCUT2D eigenvalue weighted by Crippen LogP contribution is 2.22. The van der Waals surface area contributed by atoms with Gasteiger partial charge in [0, 0.05) is 19.0 Å². The van der Waals surface area contributed by atoms with Crippen molar-refractivity contribution in [2.24, 2.45) is 0 Å². The Bertz CT molecular complexity index is 469. The van der Waals surface area contributed by atoms with E-state index in [2.05, 4.69) is 9.97 Å². The van der Waals surface area contributed by atoms with Crippen molar-refractivity contribution >= 4 is 11.9 Å². The minimum atomic E-state index is -0.810. The molecule has 2 heterocycles. The zero-order valence-corrected chi connectivity index (χ0v) is 11.1. The molecule has 6 heteroatoms. The first kappa shape index (κ1) is 13.6. The summed E-state index contributed by atoms with van der Waals surface area (Å²) in [6.07, 6.45) is 5.08. The number of carboxylic acid groups (broad SMARTS) is 1. The van der Waals surface area contributed by atoms with Crippen LogP contribution in [0.5, 0.6) is 0 Å². The number of hydrogen-bond acceptors (Lipinski definition) is 3. The van der Waals surface area contributed by atoms with E-state index in [1.165, 1.54) is 0 Å². The van der Waals surface area contributed by atoms with Crippen LogP contribution in [0.4, 0.5) is 0 Å². The van der Waals surface area contributed by atoms with Crippen molar-refractivity contribution in [1.82, 2.24) is 14.9 Å². The zero-order valence-electron chi connectivity index (χ0n) is 11.1. The first-order valence-corrected chi connectivity index (χ1v) is 6.62. The smallest absolute Gasteiger partial charge is 0.303 e. The Kier molecular flexibility index (Phi) is 4.19. The Morgan fingerprint density at radius 3 is 2.95 bits per heavy atom. The summed E-state index contributed by atoms with van der Waals surface area (Å²) in [4.78, 5) is 31.8. The van der Waals surface area contributed by atoms with Gasteiger partial charge in [-0.15, -0.1) is 0 Å². The lowest BCUT2D eigenvalue weighted by atomic mass is 9.97. The molecule has 0 radical (unpaired) electrons. The molecular formula is C13H19N3O3. The van der Waals surface area contributed by atoms with E-state index in [0.717, 1.165) is 19.3 Å². The van der Waals surface area contributed by atoms with Crippen molar-refractivity contribution < 1.29 is 14.7 Å². The molecule has 0 bridgehead atoms. The van der Waals surface area contributed by atoms with Crippen LogP contribution in [0.2, 0.25) is 0 Å². The predicted octanol–water partition coefficient (Wildman–Crippen LogP) is 1.58. The molecule has 0 spiro atoms. The Morgan fingerprint density at radius 2 is 2.32 bits per heavy atom. The van der Waals surface area contributed by atoms with Gasteiger partial charge in [0.05, 0.1) is 6.20 Å². The Hall–Kier alpha value is -1.85. The zero-order chi connectivity index (χ0) is 13.8. The maximum atomic E-state index is 12.4. The largest absolute Gasteiger partial charge is 0.481 e. The molecule has 0 aromatic carbocycles. The Balaban J connectivity index is 2.06. The summed E-state index contributed by atoms with van der Waals surface area (Å²) in [5.74, 6) is -0.173. The molecule has 1 aromatic heterocycles. The van der Waals surface area contributed by atoms with Crippen molar-refractivity contribution in [3.05, 3.63) is 17.7 Å². The van der Waals surface area contributed by atoms with E-state index >= 15 is 0 Å². The van der Waals surface area contributed by atoms with Crippen LogP contribution in [0.15, 0.2) is 6.20 Å². The number of H-pyrrole nitrogens is 1. The summed E-state index contributed by atoms with van der Waals surface area (Å²) in [5.41, 5.74) is 0.486. The highest BCUT2D eigenvalue weighted by atomic mass is 16.4. The summed E-state index contributed by atoms with van der Waals surface area (Å²) >= 11 is 0. The average molecular weight is 265 g/mol. The lowest BCUT2D eigenvalue weighted by Gasteiger charge is -2.35. The molecule has 2 N–H and O–H groups in total. The van der Waals surface area contributed by atoms with Crippen LogP contribution in [0, 0.1) is 6.92 Å². The van der Waals surface area contributed by atoms with Crippen molar-refractivity contribution in [1.29, 1.82) is 0 Å². The topological polar surface area (TPSA) is 86.3 Å². The Morgan fingerprint density at radius 1 is 1.53 bits per heavy atom. The molecule has 1 saturated heterocycles. The molecule has 0 aliphatic carbocycles. The van der Waals surface area contributed by atoms with Gasteiger partial charge in [0.15, 0.2) is 0 Å². The van der Waals surface area contributed by atoms with Crippen molar-refractivity contribution in [3.8, 4) is 0 Å². The third kappa shape index (κ3) is 3.33. The van der Waals surface area contributed by atoms with Gasteiger partial charge in [0.2, 0.25) is 0 Å². The molecule has 2 rings (SSSR count). The van der Waals surface area contributed by atoms with E-state index in [-0.39, 0.29) is 18.4 Å². The molecule has 6 nitrogen and oxygen atoms in total. The predicted molar refractivity (Wildman–Crippen MR) is 68.9 cm³/mol. The second-order valence-corrected chi connectivity index (χ2v) is 4.96. The number of nitrogens with one attached hydrogen (secondary N) is 1. The monoisotopic (exact) mass is 265 g/mol. The number of hydrogen-bond donors (Lipinski definition) is 2. The maximum Gasteiger partial charge on any atom is 0.303 e. The number of aryl methyl sites for hydroxylation is 1. The fourth-order valence-electron chi connectivity index (χ4n) is 2.54. The van der Waals surface area contributed by atoms with Crippen LogP contribution in [-0.2, 0) is 4.79 Å². The number of imidazole rings is 1.